The Hall–Kier alpha value is -0.160. The lowest BCUT2D eigenvalue weighted by Gasteiger charge is -2.05. The maximum atomic E-state index is 8.94. The SMILES string of the molecule is NC(O)CCCCCCCCCCCCCCCCC(O)O. The van der Waals surface area contributed by atoms with Crippen molar-refractivity contribution < 1.29 is 15.3 Å². The molecule has 1 unspecified atom stereocenters. The van der Waals surface area contributed by atoms with Gasteiger partial charge in [-0.25, -0.2) is 0 Å². The third kappa shape index (κ3) is 19.8. The van der Waals surface area contributed by atoms with Crippen LogP contribution in [0, 0.1) is 0 Å². The molecule has 22 heavy (non-hydrogen) atoms. The Morgan fingerprint density at radius 1 is 0.455 bits per heavy atom. The van der Waals surface area contributed by atoms with Gasteiger partial charge < -0.3 is 21.1 Å². The Kier molecular flexibility index (Phi) is 17.1. The first-order valence-corrected chi connectivity index (χ1v) is 9.42. The second kappa shape index (κ2) is 17.2. The fourth-order valence-electron chi connectivity index (χ4n) is 2.80. The van der Waals surface area contributed by atoms with Crippen molar-refractivity contribution in [2.75, 3.05) is 0 Å². The van der Waals surface area contributed by atoms with Crippen LogP contribution in [0.5, 0.6) is 0 Å². The van der Waals surface area contributed by atoms with E-state index in [4.69, 9.17) is 21.1 Å². The zero-order valence-electron chi connectivity index (χ0n) is 14.4. The van der Waals surface area contributed by atoms with Crippen LogP contribution in [0.4, 0.5) is 0 Å². The molecule has 134 valence electrons. The summed E-state index contributed by atoms with van der Waals surface area (Å²) in [6.07, 6.45) is 17.0. The van der Waals surface area contributed by atoms with Crippen molar-refractivity contribution in [3.05, 3.63) is 0 Å². The van der Waals surface area contributed by atoms with Crippen molar-refractivity contribution in [3.63, 3.8) is 0 Å². The first-order chi connectivity index (χ1) is 10.6. The van der Waals surface area contributed by atoms with Gasteiger partial charge in [-0.3, -0.25) is 0 Å². The average molecular weight is 318 g/mol. The van der Waals surface area contributed by atoms with E-state index in [1.807, 2.05) is 0 Å². The third-order valence-electron chi connectivity index (χ3n) is 4.21. The molecule has 5 N–H and O–H groups in total. The zero-order valence-corrected chi connectivity index (χ0v) is 14.4. The number of nitrogens with two attached hydrogens (primary N) is 1. The quantitative estimate of drug-likeness (QED) is 0.243. The van der Waals surface area contributed by atoms with Crippen molar-refractivity contribution in [2.45, 2.75) is 115 Å². The number of rotatable bonds is 17. The fourth-order valence-corrected chi connectivity index (χ4v) is 2.80. The van der Waals surface area contributed by atoms with E-state index in [1.165, 1.54) is 70.6 Å². The molecule has 0 aliphatic carbocycles. The van der Waals surface area contributed by atoms with Crippen molar-refractivity contribution in [1.82, 2.24) is 0 Å². The molecule has 0 radical (unpaired) electrons. The Bertz CT molecular complexity index is 189. The molecule has 0 heterocycles. The predicted octanol–water partition coefficient (Wildman–Crippen LogP) is 3.82. The minimum absolute atomic E-state index is 0.521. The normalized spacial score (nSPS) is 13.0. The molecule has 0 saturated carbocycles. The highest BCUT2D eigenvalue weighted by molar-refractivity contribution is 4.51. The molecule has 0 amide bonds. The third-order valence-corrected chi connectivity index (χ3v) is 4.21. The van der Waals surface area contributed by atoms with Gasteiger partial charge in [0, 0.05) is 0 Å². The molecule has 0 bridgehead atoms. The molecule has 4 heteroatoms. The number of hydrogen-bond acceptors (Lipinski definition) is 4. The van der Waals surface area contributed by atoms with Crippen LogP contribution in [0.25, 0.3) is 0 Å². The van der Waals surface area contributed by atoms with Gasteiger partial charge in [-0.05, 0) is 25.7 Å². The molecule has 0 aromatic heterocycles. The molecular formula is C18H39NO3. The van der Waals surface area contributed by atoms with Gasteiger partial charge in [0.15, 0.2) is 6.29 Å². The summed E-state index contributed by atoms with van der Waals surface area (Å²) < 4.78 is 0. The summed E-state index contributed by atoms with van der Waals surface area (Å²) in [4.78, 5) is 0. The number of hydrogen-bond donors (Lipinski definition) is 4. The van der Waals surface area contributed by atoms with E-state index < -0.39 is 12.5 Å². The van der Waals surface area contributed by atoms with E-state index >= 15 is 0 Å². The number of aliphatic hydroxyl groups excluding tert-OH is 2. The Morgan fingerprint density at radius 3 is 1.00 bits per heavy atom. The van der Waals surface area contributed by atoms with E-state index in [1.54, 1.807) is 0 Å². The summed E-state index contributed by atoms with van der Waals surface area (Å²) in [6, 6.07) is 0. The van der Waals surface area contributed by atoms with Crippen molar-refractivity contribution >= 4 is 0 Å². The van der Waals surface area contributed by atoms with Gasteiger partial charge in [-0.15, -0.1) is 0 Å². The van der Waals surface area contributed by atoms with Gasteiger partial charge in [0.25, 0.3) is 0 Å². The molecular weight excluding hydrogens is 278 g/mol. The van der Waals surface area contributed by atoms with Crippen molar-refractivity contribution in [3.8, 4) is 0 Å². The molecule has 0 spiro atoms. The molecule has 0 saturated heterocycles. The van der Waals surface area contributed by atoms with Crippen LogP contribution in [-0.4, -0.2) is 27.8 Å². The number of aliphatic hydroxyl groups is 3. The summed E-state index contributed by atoms with van der Waals surface area (Å²) >= 11 is 0. The minimum Gasteiger partial charge on any atom is -0.379 e. The monoisotopic (exact) mass is 317 g/mol. The Morgan fingerprint density at radius 2 is 0.727 bits per heavy atom. The van der Waals surface area contributed by atoms with E-state index in [0.717, 1.165) is 25.7 Å². The summed E-state index contributed by atoms with van der Waals surface area (Å²) in [5.41, 5.74) is 5.29. The first-order valence-electron chi connectivity index (χ1n) is 9.42. The van der Waals surface area contributed by atoms with Crippen LogP contribution in [0.3, 0.4) is 0 Å². The highest BCUT2D eigenvalue weighted by Gasteiger charge is 1.98. The van der Waals surface area contributed by atoms with Crippen LogP contribution in [0.15, 0.2) is 0 Å². The maximum absolute atomic E-state index is 8.94. The first kappa shape index (κ1) is 21.8. The summed E-state index contributed by atoms with van der Waals surface area (Å²) in [5.74, 6) is 0. The summed E-state index contributed by atoms with van der Waals surface area (Å²) in [5, 5.41) is 26.4. The average Bonchev–Trinajstić information content (AvgIpc) is 2.46. The summed E-state index contributed by atoms with van der Waals surface area (Å²) in [6.45, 7) is 0. The molecule has 0 aromatic carbocycles. The van der Waals surface area contributed by atoms with Crippen LogP contribution in [0.2, 0.25) is 0 Å². The number of unbranched alkanes of at least 4 members (excludes halogenated alkanes) is 13. The van der Waals surface area contributed by atoms with Gasteiger partial charge in [-0.2, -0.15) is 0 Å². The van der Waals surface area contributed by atoms with Gasteiger partial charge in [-0.1, -0.05) is 77.0 Å². The van der Waals surface area contributed by atoms with Gasteiger partial charge in [0.2, 0.25) is 0 Å². The Labute approximate surface area is 137 Å². The van der Waals surface area contributed by atoms with E-state index in [0.29, 0.717) is 6.42 Å². The largest absolute Gasteiger partial charge is 0.379 e. The van der Waals surface area contributed by atoms with E-state index in [2.05, 4.69) is 0 Å². The molecule has 4 nitrogen and oxygen atoms in total. The zero-order chi connectivity index (χ0) is 16.5. The molecule has 1 atom stereocenters. The highest BCUT2D eigenvalue weighted by atomic mass is 16.5. The standard InChI is InChI=1S/C18H39NO3/c19-17(20)15-13-11-9-7-5-3-1-2-4-6-8-10-12-14-16-18(21)22/h17-18,20-22H,1-16,19H2. The molecule has 0 rings (SSSR count). The predicted molar refractivity (Wildman–Crippen MR) is 92.3 cm³/mol. The van der Waals surface area contributed by atoms with Crippen LogP contribution >= 0.6 is 0 Å². The van der Waals surface area contributed by atoms with Crippen molar-refractivity contribution in [1.29, 1.82) is 0 Å². The molecule has 0 fully saturated rings. The van der Waals surface area contributed by atoms with Crippen LogP contribution in [-0.2, 0) is 0 Å². The topological polar surface area (TPSA) is 86.7 Å². The second-order valence-electron chi connectivity index (χ2n) is 6.58. The van der Waals surface area contributed by atoms with Gasteiger partial charge in [0.1, 0.15) is 6.23 Å². The van der Waals surface area contributed by atoms with Gasteiger partial charge in [0.05, 0.1) is 0 Å². The highest BCUT2D eigenvalue weighted by Crippen LogP contribution is 2.14. The second-order valence-corrected chi connectivity index (χ2v) is 6.58. The smallest absolute Gasteiger partial charge is 0.151 e. The lowest BCUT2D eigenvalue weighted by Crippen LogP contribution is -2.17. The lowest BCUT2D eigenvalue weighted by atomic mass is 10.0. The van der Waals surface area contributed by atoms with Crippen LogP contribution < -0.4 is 5.73 Å². The van der Waals surface area contributed by atoms with E-state index in [9.17, 15) is 0 Å². The van der Waals surface area contributed by atoms with Crippen molar-refractivity contribution in [2.24, 2.45) is 5.73 Å². The lowest BCUT2D eigenvalue weighted by molar-refractivity contribution is -0.0466. The summed E-state index contributed by atoms with van der Waals surface area (Å²) in [7, 11) is 0. The Balaban J connectivity index is 2.97. The fraction of sp³-hybridized carbons (Fsp3) is 1.00. The molecule has 0 aliphatic rings. The molecule has 0 aromatic rings. The maximum Gasteiger partial charge on any atom is 0.151 e. The van der Waals surface area contributed by atoms with E-state index in [-0.39, 0.29) is 0 Å². The minimum atomic E-state index is -1.12. The molecule has 0 aliphatic heterocycles. The van der Waals surface area contributed by atoms with Gasteiger partial charge >= 0.3 is 0 Å². The van der Waals surface area contributed by atoms with Crippen LogP contribution in [0.1, 0.15) is 103 Å².